The zero-order valence-corrected chi connectivity index (χ0v) is 11.3. The molecule has 2 N–H and O–H groups in total. The first-order valence-electron chi connectivity index (χ1n) is 6.82. The third-order valence-corrected chi connectivity index (χ3v) is 2.97. The molecule has 2 rings (SSSR count). The SMILES string of the molecule is CCCC(N)=O.c1ccc(N2CCCCC2)cc1. The summed E-state index contributed by atoms with van der Waals surface area (Å²) in [6.07, 6.45) is 5.49. The van der Waals surface area contributed by atoms with E-state index in [1.807, 2.05) is 6.92 Å². The Morgan fingerprint density at radius 2 is 1.78 bits per heavy atom. The minimum Gasteiger partial charge on any atom is -0.372 e. The van der Waals surface area contributed by atoms with Gasteiger partial charge in [-0.3, -0.25) is 4.79 Å². The van der Waals surface area contributed by atoms with Gasteiger partial charge in [0.15, 0.2) is 0 Å². The van der Waals surface area contributed by atoms with Gasteiger partial charge in [-0.25, -0.2) is 0 Å². The molecule has 100 valence electrons. The third kappa shape index (κ3) is 5.71. The van der Waals surface area contributed by atoms with E-state index in [0.717, 1.165) is 6.42 Å². The van der Waals surface area contributed by atoms with E-state index >= 15 is 0 Å². The van der Waals surface area contributed by atoms with Gasteiger partial charge in [0.2, 0.25) is 5.91 Å². The van der Waals surface area contributed by atoms with Crippen LogP contribution < -0.4 is 10.6 Å². The Bertz CT molecular complexity index is 332. The monoisotopic (exact) mass is 248 g/mol. The molecular weight excluding hydrogens is 224 g/mol. The van der Waals surface area contributed by atoms with Crippen LogP contribution in [0.3, 0.4) is 0 Å². The van der Waals surface area contributed by atoms with Crippen LogP contribution >= 0.6 is 0 Å². The number of rotatable bonds is 3. The normalized spacial score (nSPS) is 14.6. The van der Waals surface area contributed by atoms with Gasteiger partial charge < -0.3 is 10.6 Å². The lowest BCUT2D eigenvalue weighted by Crippen LogP contribution is -2.29. The van der Waals surface area contributed by atoms with Crippen molar-refractivity contribution in [1.29, 1.82) is 0 Å². The van der Waals surface area contributed by atoms with Crippen molar-refractivity contribution < 1.29 is 4.79 Å². The van der Waals surface area contributed by atoms with Crippen molar-refractivity contribution in [3.63, 3.8) is 0 Å². The molecule has 0 spiro atoms. The molecule has 1 aromatic carbocycles. The average Bonchev–Trinajstić information content (AvgIpc) is 2.41. The number of amides is 1. The second-order valence-electron chi connectivity index (χ2n) is 4.60. The quantitative estimate of drug-likeness (QED) is 0.894. The molecular formula is C15H24N2O. The highest BCUT2D eigenvalue weighted by molar-refractivity contribution is 5.73. The Labute approximate surface area is 110 Å². The second kappa shape index (κ2) is 8.56. The molecule has 1 amide bonds. The van der Waals surface area contributed by atoms with Crippen LogP contribution in [0.15, 0.2) is 30.3 Å². The maximum Gasteiger partial charge on any atom is 0.217 e. The number of hydrogen-bond acceptors (Lipinski definition) is 2. The number of primary amides is 1. The van der Waals surface area contributed by atoms with Gasteiger partial charge in [-0.15, -0.1) is 0 Å². The number of anilines is 1. The van der Waals surface area contributed by atoms with Crippen LogP contribution in [0.25, 0.3) is 0 Å². The van der Waals surface area contributed by atoms with Gasteiger partial charge in [-0.2, -0.15) is 0 Å². The van der Waals surface area contributed by atoms with Gasteiger partial charge in [0.1, 0.15) is 0 Å². The molecule has 1 aromatic rings. The van der Waals surface area contributed by atoms with Crippen LogP contribution in [-0.2, 0) is 4.79 Å². The van der Waals surface area contributed by atoms with E-state index < -0.39 is 0 Å². The van der Waals surface area contributed by atoms with Crippen molar-refractivity contribution in [2.75, 3.05) is 18.0 Å². The first kappa shape index (κ1) is 14.6. The van der Waals surface area contributed by atoms with Crippen LogP contribution in [0.5, 0.6) is 0 Å². The molecule has 18 heavy (non-hydrogen) atoms. The highest BCUT2D eigenvalue weighted by Gasteiger charge is 2.09. The van der Waals surface area contributed by atoms with E-state index in [9.17, 15) is 4.79 Å². The van der Waals surface area contributed by atoms with Crippen molar-refractivity contribution in [2.45, 2.75) is 39.0 Å². The first-order valence-corrected chi connectivity index (χ1v) is 6.82. The Morgan fingerprint density at radius 1 is 1.17 bits per heavy atom. The summed E-state index contributed by atoms with van der Waals surface area (Å²) in [5.41, 5.74) is 6.15. The van der Waals surface area contributed by atoms with Crippen LogP contribution in [0.2, 0.25) is 0 Å². The Balaban J connectivity index is 0.000000232. The summed E-state index contributed by atoms with van der Waals surface area (Å²) in [7, 11) is 0. The van der Waals surface area contributed by atoms with Crippen molar-refractivity contribution in [3.05, 3.63) is 30.3 Å². The van der Waals surface area contributed by atoms with E-state index in [0.29, 0.717) is 6.42 Å². The smallest absolute Gasteiger partial charge is 0.217 e. The van der Waals surface area contributed by atoms with Gasteiger partial charge in [-0.1, -0.05) is 25.1 Å². The van der Waals surface area contributed by atoms with E-state index in [1.165, 1.54) is 38.0 Å². The highest BCUT2D eigenvalue weighted by atomic mass is 16.1. The number of carbonyl (C=O) groups is 1. The van der Waals surface area contributed by atoms with Crippen molar-refractivity contribution in [3.8, 4) is 0 Å². The summed E-state index contributed by atoms with van der Waals surface area (Å²) in [5, 5.41) is 0. The number of nitrogens with zero attached hydrogens (tertiary/aromatic N) is 1. The predicted octanol–water partition coefficient (Wildman–Crippen LogP) is 2.95. The molecule has 0 unspecified atom stereocenters. The lowest BCUT2D eigenvalue weighted by molar-refractivity contribution is -0.118. The molecule has 3 heteroatoms. The Kier molecular flexibility index (Phi) is 6.92. The molecule has 1 fully saturated rings. The lowest BCUT2D eigenvalue weighted by atomic mass is 10.1. The number of nitrogens with two attached hydrogens (primary N) is 1. The van der Waals surface area contributed by atoms with E-state index in [-0.39, 0.29) is 5.91 Å². The zero-order chi connectivity index (χ0) is 13.2. The van der Waals surface area contributed by atoms with Crippen LogP contribution in [0, 0.1) is 0 Å². The molecule has 0 bridgehead atoms. The molecule has 0 saturated carbocycles. The largest absolute Gasteiger partial charge is 0.372 e. The maximum absolute atomic E-state index is 9.82. The molecule has 1 saturated heterocycles. The summed E-state index contributed by atoms with van der Waals surface area (Å²) in [6, 6.07) is 10.7. The Morgan fingerprint density at radius 3 is 2.22 bits per heavy atom. The molecule has 1 aliphatic heterocycles. The molecule has 0 aromatic heterocycles. The van der Waals surface area contributed by atoms with Gasteiger partial charge in [0.25, 0.3) is 0 Å². The topological polar surface area (TPSA) is 46.3 Å². The van der Waals surface area contributed by atoms with Crippen LogP contribution in [0.1, 0.15) is 39.0 Å². The van der Waals surface area contributed by atoms with Crippen molar-refractivity contribution >= 4 is 11.6 Å². The van der Waals surface area contributed by atoms with E-state index in [2.05, 4.69) is 35.2 Å². The maximum atomic E-state index is 9.82. The van der Waals surface area contributed by atoms with Crippen molar-refractivity contribution in [1.82, 2.24) is 0 Å². The fourth-order valence-corrected chi connectivity index (χ4v) is 2.04. The standard InChI is InChI=1S/C11H15N.C4H9NO/c1-3-7-11(8-4-1)12-9-5-2-6-10-12;1-2-3-4(5)6/h1,3-4,7-8H,2,5-6,9-10H2;2-3H2,1H3,(H2,5,6). The minimum atomic E-state index is -0.211. The predicted molar refractivity (Wildman–Crippen MR) is 76.6 cm³/mol. The fourth-order valence-electron chi connectivity index (χ4n) is 2.04. The summed E-state index contributed by atoms with van der Waals surface area (Å²) in [5.74, 6) is -0.211. The van der Waals surface area contributed by atoms with Gasteiger partial charge in [0.05, 0.1) is 0 Å². The number of carbonyl (C=O) groups excluding carboxylic acids is 1. The first-order chi connectivity index (χ1) is 8.74. The fraction of sp³-hybridized carbons (Fsp3) is 0.533. The van der Waals surface area contributed by atoms with Gasteiger partial charge in [-0.05, 0) is 37.8 Å². The zero-order valence-electron chi connectivity index (χ0n) is 11.3. The number of hydrogen-bond donors (Lipinski definition) is 1. The van der Waals surface area contributed by atoms with Crippen LogP contribution in [-0.4, -0.2) is 19.0 Å². The number of para-hydroxylation sites is 1. The molecule has 0 atom stereocenters. The molecule has 0 aliphatic carbocycles. The summed E-state index contributed by atoms with van der Waals surface area (Å²) in [4.78, 5) is 12.3. The van der Waals surface area contributed by atoms with E-state index in [4.69, 9.17) is 5.73 Å². The summed E-state index contributed by atoms with van der Waals surface area (Å²) >= 11 is 0. The summed E-state index contributed by atoms with van der Waals surface area (Å²) in [6.45, 7) is 4.40. The van der Waals surface area contributed by atoms with E-state index in [1.54, 1.807) is 0 Å². The molecule has 0 radical (unpaired) electrons. The molecule has 1 aliphatic rings. The Hall–Kier alpha value is -1.51. The number of benzene rings is 1. The van der Waals surface area contributed by atoms with Gasteiger partial charge in [0, 0.05) is 25.2 Å². The van der Waals surface area contributed by atoms with Crippen LogP contribution in [0.4, 0.5) is 5.69 Å². The molecule has 3 nitrogen and oxygen atoms in total. The van der Waals surface area contributed by atoms with Gasteiger partial charge >= 0.3 is 0 Å². The highest BCUT2D eigenvalue weighted by Crippen LogP contribution is 2.18. The second-order valence-corrected chi connectivity index (χ2v) is 4.60. The minimum absolute atomic E-state index is 0.211. The summed E-state index contributed by atoms with van der Waals surface area (Å²) < 4.78 is 0. The third-order valence-electron chi connectivity index (χ3n) is 2.97. The van der Waals surface area contributed by atoms with Crippen molar-refractivity contribution in [2.24, 2.45) is 5.73 Å². The molecule has 1 heterocycles. The number of piperidine rings is 1. The average molecular weight is 248 g/mol. The lowest BCUT2D eigenvalue weighted by Gasteiger charge is -2.28.